The Balaban J connectivity index is 1.97. The second-order valence-electron chi connectivity index (χ2n) is 5.30. The van der Waals surface area contributed by atoms with Gasteiger partial charge < -0.3 is 10.3 Å². The smallest absolute Gasteiger partial charge is 0.0482 e. The molecule has 0 radical (unpaired) electrons. The molecule has 1 unspecified atom stereocenters. The lowest BCUT2D eigenvalue weighted by molar-refractivity contribution is 0.571. The first-order valence-corrected chi connectivity index (χ1v) is 7.09. The summed E-state index contributed by atoms with van der Waals surface area (Å²) in [6, 6.07) is 21.3. The van der Waals surface area contributed by atoms with Crippen LogP contribution in [0.1, 0.15) is 17.2 Å². The molecule has 1 aromatic heterocycles. The number of nitrogens with zero attached hydrogens (tertiary/aromatic N) is 1. The Hall–Kier alpha value is -2.06. The molecular formula is C18H20N2. The maximum atomic E-state index is 6.00. The molecule has 0 spiro atoms. The van der Waals surface area contributed by atoms with Gasteiger partial charge in [-0.25, -0.2) is 0 Å². The number of fused-ring (bicyclic) bond motifs is 1. The summed E-state index contributed by atoms with van der Waals surface area (Å²) in [5, 5.41) is 1.30. The summed E-state index contributed by atoms with van der Waals surface area (Å²) in [5.74, 6) is 0.353. The minimum absolute atomic E-state index is 0.353. The zero-order valence-corrected chi connectivity index (χ0v) is 11.8. The van der Waals surface area contributed by atoms with E-state index in [4.69, 9.17) is 5.73 Å². The molecule has 2 aromatic carbocycles. The molecule has 2 heteroatoms. The van der Waals surface area contributed by atoms with Crippen LogP contribution in [-0.2, 0) is 6.54 Å². The predicted molar refractivity (Wildman–Crippen MR) is 84.9 cm³/mol. The highest BCUT2D eigenvalue weighted by Crippen LogP contribution is 2.24. The summed E-state index contributed by atoms with van der Waals surface area (Å²) in [7, 11) is 0. The van der Waals surface area contributed by atoms with Gasteiger partial charge in [-0.1, -0.05) is 48.5 Å². The summed E-state index contributed by atoms with van der Waals surface area (Å²) >= 11 is 0. The van der Waals surface area contributed by atoms with Crippen molar-refractivity contribution >= 4 is 10.9 Å². The van der Waals surface area contributed by atoms with Gasteiger partial charge in [-0.2, -0.15) is 0 Å². The lowest BCUT2D eigenvalue weighted by Crippen LogP contribution is -2.18. The standard InChI is InChI=1S/C18H20N2/c1-14-11-16-9-5-6-10-18(16)20(14)13-17(12-19)15-7-3-2-4-8-15/h2-11,17H,12-13,19H2,1H3. The Labute approximate surface area is 119 Å². The van der Waals surface area contributed by atoms with E-state index in [0.717, 1.165) is 6.54 Å². The number of hydrogen-bond donors (Lipinski definition) is 1. The van der Waals surface area contributed by atoms with Crippen LogP contribution in [0.5, 0.6) is 0 Å². The predicted octanol–water partition coefficient (Wildman–Crippen LogP) is 3.69. The van der Waals surface area contributed by atoms with Crippen molar-refractivity contribution in [3.8, 4) is 0 Å². The molecule has 0 bridgehead atoms. The topological polar surface area (TPSA) is 30.9 Å². The third kappa shape index (κ3) is 2.35. The molecule has 20 heavy (non-hydrogen) atoms. The molecule has 3 rings (SSSR count). The van der Waals surface area contributed by atoms with Crippen molar-refractivity contribution in [2.75, 3.05) is 6.54 Å². The second kappa shape index (κ2) is 5.51. The molecule has 0 aliphatic carbocycles. The van der Waals surface area contributed by atoms with E-state index in [0.29, 0.717) is 12.5 Å². The fourth-order valence-corrected chi connectivity index (χ4v) is 2.85. The number of rotatable bonds is 4. The SMILES string of the molecule is Cc1cc2ccccc2n1CC(CN)c1ccccc1. The molecule has 0 fully saturated rings. The summed E-state index contributed by atoms with van der Waals surface area (Å²) in [5.41, 5.74) is 9.90. The number of hydrogen-bond acceptors (Lipinski definition) is 1. The van der Waals surface area contributed by atoms with Gasteiger partial charge in [0.15, 0.2) is 0 Å². The number of para-hydroxylation sites is 1. The van der Waals surface area contributed by atoms with Gasteiger partial charge >= 0.3 is 0 Å². The van der Waals surface area contributed by atoms with Gasteiger partial charge in [0.05, 0.1) is 0 Å². The Kier molecular flexibility index (Phi) is 3.57. The number of nitrogens with two attached hydrogens (primary N) is 1. The normalized spacial score (nSPS) is 12.7. The molecule has 2 nitrogen and oxygen atoms in total. The van der Waals surface area contributed by atoms with Crippen molar-refractivity contribution in [1.82, 2.24) is 4.57 Å². The average molecular weight is 264 g/mol. The quantitative estimate of drug-likeness (QED) is 0.765. The van der Waals surface area contributed by atoms with Gasteiger partial charge in [-0.15, -0.1) is 0 Å². The molecule has 0 aliphatic heterocycles. The van der Waals surface area contributed by atoms with Crippen molar-refractivity contribution in [2.24, 2.45) is 5.73 Å². The third-order valence-electron chi connectivity index (χ3n) is 3.98. The van der Waals surface area contributed by atoms with Crippen LogP contribution < -0.4 is 5.73 Å². The average Bonchev–Trinajstić information content (AvgIpc) is 2.81. The van der Waals surface area contributed by atoms with Crippen LogP contribution in [0.2, 0.25) is 0 Å². The fraction of sp³-hybridized carbons (Fsp3) is 0.222. The van der Waals surface area contributed by atoms with Crippen LogP contribution in [0.3, 0.4) is 0 Å². The van der Waals surface area contributed by atoms with Gasteiger partial charge in [-0.3, -0.25) is 0 Å². The molecule has 0 saturated heterocycles. The van der Waals surface area contributed by atoms with E-state index in [1.807, 2.05) is 6.07 Å². The molecule has 1 atom stereocenters. The molecule has 0 aliphatic rings. The first-order chi connectivity index (χ1) is 9.79. The van der Waals surface area contributed by atoms with E-state index in [1.165, 1.54) is 22.2 Å². The van der Waals surface area contributed by atoms with E-state index in [-0.39, 0.29) is 0 Å². The van der Waals surface area contributed by atoms with Crippen LogP contribution in [0.25, 0.3) is 10.9 Å². The Morgan fingerprint density at radius 2 is 1.70 bits per heavy atom. The third-order valence-corrected chi connectivity index (χ3v) is 3.98. The van der Waals surface area contributed by atoms with Crippen molar-refractivity contribution in [2.45, 2.75) is 19.4 Å². The summed E-state index contributed by atoms with van der Waals surface area (Å²) in [4.78, 5) is 0. The molecule has 102 valence electrons. The van der Waals surface area contributed by atoms with Crippen LogP contribution in [-0.4, -0.2) is 11.1 Å². The van der Waals surface area contributed by atoms with Gasteiger partial charge in [-0.05, 0) is 30.0 Å². The monoisotopic (exact) mass is 264 g/mol. The van der Waals surface area contributed by atoms with Gasteiger partial charge in [0.2, 0.25) is 0 Å². The van der Waals surface area contributed by atoms with Crippen molar-refractivity contribution in [3.05, 3.63) is 71.9 Å². The summed E-state index contributed by atoms with van der Waals surface area (Å²) in [6.45, 7) is 3.76. The molecule has 2 N–H and O–H groups in total. The molecule has 3 aromatic rings. The van der Waals surface area contributed by atoms with Crippen LogP contribution >= 0.6 is 0 Å². The number of aromatic nitrogens is 1. The Morgan fingerprint density at radius 3 is 2.45 bits per heavy atom. The van der Waals surface area contributed by atoms with E-state index in [2.05, 4.69) is 66.1 Å². The van der Waals surface area contributed by atoms with E-state index in [9.17, 15) is 0 Å². The highest BCUT2D eigenvalue weighted by Gasteiger charge is 2.13. The molecular weight excluding hydrogens is 244 g/mol. The number of benzene rings is 2. The maximum absolute atomic E-state index is 6.00. The van der Waals surface area contributed by atoms with E-state index < -0.39 is 0 Å². The van der Waals surface area contributed by atoms with Crippen LogP contribution in [0, 0.1) is 6.92 Å². The zero-order valence-electron chi connectivity index (χ0n) is 11.8. The van der Waals surface area contributed by atoms with E-state index >= 15 is 0 Å². The van der Waals surface area contributed by atoms with Crippen molar-refractivity contribution < 1.29 is 0 Å². The highest BCUT2D eigenvalue weighted by molar-refractivity contribution is 5.81. The maximum Gasteiger partial charge on any atom is 0.0482 e. The van der Waals surface area contributed by atoms with Crippen molar-refractivity contribution in [1.29, 1.82) is 0 Å². The largest absolute Gasteiger partial charge is 0.344 e. The highest BCUT2D eigenvalue weighted by atomic mass is 15.0. The van der Waals surface area contributed by atoms with E-state index in [1.54, 1.807) is 0 Å². The summed E-state index contributed by atoms with van der Waals surface area (Å²) < 4.78 is 2.37. The van der Waals surface area contributed by atoms with Gasteiger partial charge in [0, 0.05) is 30.2 Å². The summed E-state index contributed by atoms with van der Waals surface area (Å²) in [6.07, 6.45) is 0. The van der Waals surface area contributed by atoms with Crippen LogP contribution in [0.15, 0.2) is 60.7 Å². The second-order valence-corrected chi connectivity index (χ2v) is 5.30. The Bertz CT molecular complexity index is 698. The molecule has 1 heterocycles. The minimum atomic E-state index is 0.353. The number of aryl methyl sites for hydroxylation is 1. The molecule has 0 amide bonds. The Morgan fingerprint density at radius 1 is 1.00 bits per heavy atom. The first-order valence-electron chi connectivity index (χ1n) is 7.09. The lowest BCUT2D eigenvalue weighted by atomic mass is 9.99. The molecule has 0 saturated carbocycles. The minimum Gasteiger partial charge on any atom is -0.344 e. The fourth-order valence-electron chi connectivity index (χ4n) is 2.85. The van der Waals surface area contributed by atoms with Crippen LogP contribution in [0.4, 0.5) is 0 Å². The first kappa shape index (κ1) is 12.9. The van der Waals surface area contributed by atoms with Gasteiger partial charge in [0.25, 0.3) is 0 Å². The lowest BCUT2D eigenvalue weighted by Gasteiger charge is -2.18. The zero-order chi connectivity index (χ0) is 13.9. The van der Waals surface area contributed by atoms with Crippen molar-refractivity contribution in [3.63, 3.8) is 0 Å². The van der Waals surface area contributed by atoms with Gasteiger partial charge in [0.1, 0.15) is 0 Å².